The average Bonchev–Trinajstić information content (AvgIpc) is 2.37. The lowest BCUT2D eigenvalue weighted by Crippen LogP contribution is -2.43. The Morgan fingerprint density at radius 1 is 1.21 bits per heavy atom. The predicted molar refractivity (Wildman–Crippen MR) is 75.2 cm³/mol. The topological polar surface area (TPSA) is 60.8 Å². The zero-order chi connectivity index (χ0) is 14.3. The molecule has 2 N–H and O–H groups in total. The molecule has 0 aromatic heterocycles. The number of aliphatic carboxylic acids is 1. The van der Waals surface area contributed by atoms with Crippen LogP contribution in [0.1, 0.15) is 5.56 Å². The zero-order valence-electron chi connectivity index (χ0n) is 10.8. The molecule has 0 aliphatic heterocycles. The lowest BCUT2D eigenvalue weighted by atomic mass is 10.0. The van der Waals surface area contributed by atoms with Crippen molar-refractivity contribution in [1.29, 1.82) is 0 Å². The quantitative estimate of drug-likeness (QED) is 0.703. The Morgan fingerprint density at radius 2 is 1.74 bits per heavy atom. The van der Waals surface area contributed by atoms with E-state index in [0.29, 0.717) is 19.5 Å². The monoisotopic (exact) mass is 261 g/mol. The van der Waals surface area contributed by atoms with Gasteiger partial charge in [-0.15, -0.1) is 13.2 Å². The van der Waals surface area contributed by atoms with Crippen molar-refractivity contribution in [3.05, 3.63) is 55.1 Å². The standard InChI is InChI=1S/C15H19NO3/c1-3-9-16(10-4-2)14(15(18)19)11-12-5-7-13(17)8-6-12/h3-8,14,17H,1-2,9-11H2,(H,18,19). The highest BCUT2D eigenvalue weighted by Crippen LogP contribution is 2.14. The number of aromatic hydroxyl groups is 1. The van der Waals surface area contributed by atoms with Crippen LogP contribution in [0.5, 0.6) is 5.75 Å². The van der Waals surface area contributed by atoms with Crippen LogP contribution in [0.2, 0.25) is 0 Å². The largest absolute Gasteiger partial charge is 0.508 e. The normalized spacial score (nSPS) is 12.1. The molecule has 1 aromatic rings. The molecular formula is C15H19NO3. The van der Waals surface area contributed by atoms with E-state index in [1.165, 1.54) is 0 Å². The fraction of sp³-hybridized carbons (Fsp3) is 0.267. The van der Waals surface area contributed by atoms with Crippen LogP contribution in [-0.2, 0) is 11.2 Å². The molecule has 4 heteroatoms. The summed E-state index contributed by atoms with van der Waals surface area (Å²) < 4.78 is 0. The van der Waals surface area contributed by atoms with Crippen molar-refractivity contribution in [1.82, 2.24) is 4.90 Å². The Bertz CT molecular complexity index is 429. The minimum Gasteiger partial charge on any atom is -0.508 e. The summed E-state index contributed by atoms with van der Waals surface area (Å²) in [7, 11) is 0. The van der Waals surface area contributed by atoms with Crippen molar-refractivity contribution in [2.45, 2.75) is 12.5 Å². The first kappa shape index (κ1) is 15.0. The maximum atomic E-state index is 11.4. The Hall–Kier alpha value is -2.07. The third-order valence-electron chi connectivity index (χ3n) is 2.82. The number of carboxylic acids is 1. The van der Waals surface area contributed by atoms with Gasteiger partial charge in [0.25, 0.3) is 0 Å². The molecule has 0 spiro atoms. The Kier molecular flexibility index (Phi) is 5.82. The highest BCUT2D eigenvalue weighted by Gasteiger charge is 2.24. The van der Waals surface area contributed by atoms with Gasteiger partial charge in [-0.05, 0) is 24.1 Å². The maximum absolute atomic E-state index is 11.4. The molecule has 0 heterocycles. The Labute approximate surface area is 113 Å². The molecule has 0 saturated carbocycles. The number of phenols is 1. The third kappa shape index (κ3) is 4.60. The summed E-state index contributed by atoms with van der Waals surface area (Å²) in [5.74, 6) is -0.707. The van der Waals surface area contributed by atoms with Crippen molar-refractivity contribution in [2.75, 3.05) is 13.1 Å². The van der Waals surface area contributed by atoms with Crippen molar-refractivity contribution in [2.24, 2.45) is 0 Å². The number of phenolic OH excluding ortho intramolecular Hbond substituents is 1. The van der Waals surface area contributed by atoms with Crippen molar-refractivity contribution >= 4 is 5.97 Å². The number of rotatable bonds is 8. The second-order valence-electron chi connectivity index (χ2n) is 4.26. The fourth-order valence-corrected chi connectivity index (χ4v) is 1.89. The SMILES string of the molecule is C=CCN(CC=C)C(Cc1ccc(O)cc1)C(=O)O. The van der Waals surface area contributed by atoms with Crippen LogP contribution < -0.4 is 0 Å². The van der Waals surface area contributed by atoms with Crippen LogP contribution in [0, 0.1) is 0 Å². The van der Waals surface area contributed by atoms with Crippen molar-refractivity contribution in [3.63, 3.8) is 0 Å². The number of benzene rings is 1. The van der Waals surface area contributed by atoms with Gasteiger partial charge < -0.3 is 10.2 Å². The van der Waals surface area contributed by atoms with Crippen LogP contribution in [0.4, 0.5) is 0 Å². The van der Waals surface area contributed by atoms with E-state index in [1.54, 1.807) is 41.3 Å². The summed E-state index contributed by atoms with van der Waals surface area (Å²) in [6, 6.07) is 5.93. The van der Waals surface area contributed by atoms with Gasteiger partial charge >= 0.3 is 5.97 Å². The van der Waals surface area contributed by atoms with E-state index < -0.39 is 12.0 Å². The number of nitrogens with zero attached hydrogens (tertiary/aromatic N) is 1. The molecule has 1 rings (SSSR count). The summed E-state index contributed by atoms with van der Waals surface area (Å²) in [6.45, 7) is 8.26. The van der Waals surface area contributed by atoms with Gasteiger partial charge in [-0.3, -0.25) is 9.69 Å². The summed E-state index contributed by atoms with van der Waals surface area (Å²) in [5.41, 5.74) is 0.864. The van der Waals surface area contributed by atoms with Gasteiger partial charge in [0, 0.05) is 13.1 Å². The smallest absolute Gasteiger partial charge is 0.321 e. The molecule has 0 bridgehead atoms. The van der Waals surface area contributed by atoms with Gasteiger partial charge in [0.2, 0.25) is 0 Å². The summed E-state index contributed by atoms with van der Waals surface area (Å²) in [5, 5.41) is 18.6. The summed E-state index contributed by atoms with van der Waals surface area (Å²) >= 11 is 0. The fourth-order valence-electron chi connectivity index (χ4n) is 1.89. The zero-order valence-corrected chi connectivity index (χ0v) is 10.8. The minimum atomic E-state index is -0.878. The summed E-state index contributed by atoms with van der Waals surface area (Å²) in [6.07, 6.45) is 3.73. The van der Waals surface area contributed by atoms with Gasteiger partial charge in [0.1, 0.15) is 11.8 Å². The first-order chi connectivity index (χ1) is 9.08. The van der Waals surface area contributed by atoms with E-state index in [1.807, 2.05) is 0 Å². The van der Waals surface area contributed by atoms with Gasteiger partial charge in [0.05, 0.1) is 0 Å². The first-order valence-corrected chi connectivity index (χ1v) is 6.05. The van der Waals surface area contributed by atoms with Gasteiger partial charge in [-0.25, -0.2) is 0 Å². The van der Waals surface area contributed by atoms with Gasteiger partial charge in [-0.1, -0.05) is 24.3 Å². The van der Waals surface area contributed by atoms with E-state index in [0.717, 1.165) is 5.56 Å². The summed E-state index contributed by atoms with van der Waals surface area (Å²) in [4.78, 5) is 13.2. The lowest BCUT2D eigenvalue weighted by Gasteiger charge is -2.26. The molecule has 1 unspecified atom stereocenters. The van der Waals surface area contributed by atoms with Gasteiger partial charge in [-0.2, -0.15) is 0 Å². The van der Waals surface area contributed by atoms with Crippen LogP contribution in [0.25, 0.3) is 0 Å². The molecule has 0 aliphatic rings. The minimum absolute atomic E-state index is 0.171. The van der Waals surface area contributed by atoms with E-state index in [-0.39, 0.29) is 5.75 Å². The van der Waals surface area contributed by atoms with Gasteiger partial charge in [0.15, 0.2) is 0 Å². The van der Waals surface area contributed by atoms with Crippen molar-refractivity contribution < 1.29 is 15.0 Å². The molecule has 0 radical (unpaired) electrons. The molecule has 4 nitrogen and oxygen atoms in total. The molecule has 0 aliphatic carbocycles. The number of hydrogen-bond donors (Lipinski definition) is 2. The number of hydrogen-bond acceptors (Lipinski definition) is 3. The second-order valence-corrected chi connectivity index (χ2v) is 4.26. The lowest BCUT2D eigenvalue weighted by molar-refractivity contribution is -0.142. The van der Waals surface area contributed by atoms with E-state index in [9.17, 15) is 15.0 Å². The Morgan fingerprint density at radius 3 is 2.16 bits per heavy atom. The van der Waals surface area contributed by atoms with Crippen molar-refractivity contribution in [3.8, 4) is 5.75 Å². The number of carboxylic acid groups (broad SMARTS) is 1. The van der Waals surface area contributed by atoms with Crippen LogP contribution in [-0.4, -0.2) is 40.2 Å². The third-order valence-corrected chi connectivity index (χ3v) is 2.82. The van der Waals surface area contributed by atoms with Crippen LogP contribution >= 0.6 is 0 Å². The van der Waals surface area contributed by atoms with E-state index in [2.05, 4.69) is 13.2 Å². The molecule has 0 fully saturated rings. The van der Waals surface area contributed by atoms with Crippen LogP contribution in [0.15, 0.2) is 49.6 Å². The molecular weight excluding hydrogens is 242 g/mol. The Balaban J connectivity index is 2.86. The number of carbonyl (C=O) groups is 1. The highest BCUT2D eigenvalue weighted by molar-refractivity contribution is 5.74. The predicted octanol–water partition coefficient (Wildman–Crippen LogP) is 2.06. The van der Waals surface area contributed by atoms with Crippen LogP contribution in [0.3, 0.4) is 0 Å². The molecule has 1 atom stereocenters. The maximum Gasteiger partial charge on any atom is 0.321 e. The molecule has 102 valence electrons. The second kappa shape index (κ2) is 7.38. The average molecular weight is 261 g/mol. The molecule has 0 saturated heterocycles. The molecule has 1 aromatic carbocycles. The van der Waals surface area contributed by atoms with E-state index in [4.69, 9.17) is 0 Å². The first-order valence-electron chi connectivity index (χ1n) is 6.05. The highest BCUT2D eigenvalue weighted by atomic mass is 16.4. The molecule has 19 heavy (non-hydrogen) atoms. The van der Waals surface area contributed by atoms with E-state index >= 15 is 0 Å². The molecule has 0 amide bonds.